The van der Waals surface area contributed by atoms with Gasteiger partial charge in [-0.2, -0.15) is 0 Å². The Kier molecular flexibility index (Phi) is 7.20. The highest BCUT2D eigenvalue weighted by Crippen LogP contribution is 2.44. The van der Waals surface area contributed by atoms with E-state index in [0.29, 0.717) is 0 Å². The summed E-state index contributed by atoms with van der Waals surface area (Å²) in [6, 6.07) is 73.1. The molecule has 0 fully saturated rings. The highest BCUT2D eigenvalue weighted by atomic mass is 16.3. The van der Waals surface area contributed by atoms with Gasteiger partial charge < -0.3 is 18.3 Å². The van der Waals surface area contributed by atoms with Gasteiger partial charge in [0, 0.05) is 44.0 Å². The zero-order valence-electron chi connectivity index (χ0n) is 31.3. The molecule has 58 heavy (non-hydrogen) atoms. The number of furan rings is 2. The number of aromatic nitrogens is 1. The third-order valence-electron chi connectivity index (χ3n) is 11.6. The van der Waals surface area contributed by atoms with Crippen molar-refractivity contribution < 1.29 is 8.83 Å². The number of hydrogen-bond donors (Lipinski definition) is 0. The second-order valence-electron chi connectivity index (χ2n) is 14.9. The highest BCUT2D eigenvalue weighted by Gasteiger charge is 2.21. The molecule has 0 atom stereocenters. The molecule has 0 saturated carbocycles. The number of para-hydroxylation sites is 4. The predicted molar refractivity (Wildman–Crippen MR) is 241 cm³/mol. The fourth-order valence-electron chi connectivity index (χ4n) is 8.91. The second-order valence-corrected chi connectivity index (χ2v) is 14.9. The van der Waals surface area contributed by atoms with Gasteiger partial charge in [-0.15, -0.1) is 0 Å². The first-order chi connectivity index (χ1) is 28.8. The summed E-state index contributed by atoms with van der Waals surface area (Å²) in [6.07, 6.45) is 0. The van der Waals surface area contributed by atoms with E-state index in [-0.39, 0.29) is 0 Å². The van der Waals surface area contributed by atoms with Crippen LogP contribution in [0.3, 0.4) is 0 Å². The maximum Gasteiger partial charge on any atom is 0.159 e. The number of rotatable bonds is 6. The van der Waals surface area contributed by atoms with Crippen LogP contribution in [0, 0.1) is 0 Å². The molecule has 4 nitrogen and oxygen atoms in total. The first kappa shape index (κ1) is 32.4. The molecule has 12 rings (SSSR count). The molecular formula is C54H34N2O2. The number of hydrogen-bond acceptors (Lipinski definition) is 3. The Bertz CT molecular complexity index is 3480. The van der Waals surface area contributed by atoms with E-state index in [1.54, 1.807) is 0 Å². The average Bonchev–Trinajstić information content (AvgIpc) is 3.97. The number of fused-ring (bicyclic) bond motifs is 10. The van der Waals surface area contributed by atoms with Crippen molar-refractivity contribution in [1.29, 1.82) is 0 Å². The molecule has 3 aromatic heterocycles. The molecule has 9 aromatic carbocycles. The number of nitrogens with zero attached hydrogens (tertiary/aromatic N) is 2. The molecule has 0 saturated heterocycles. The Morgan fingerprint density at radius 1 is 0.345 bits per heavy atom. The normalized spacial score (nSPS) is 11.8. The monoisotopic (exact) mass is 742 g/mol. The fraction of sp³-hybridized carbons (Fsp3) is 0. The lowest BCUT2D eigenvalue weighted by atomic mass is 10.0. The van der Waals surface area contributed by atoms with E-state index >= 15 is 0 Å². The van der Waals surface area contributed by atoms with Gasteiger partial charge >= 0.3 is 0 Å². The molecule has 0 aliphatic heterocycles. The molecule has 0 aliphatic rings. The van der Waals surface area contributed by atoms with Crippen LogP contribution in [-0.4, -0.2) is 4.57 Å². The summed E-state index contributed by atoms with van der Waals surface area (Å²) >= 11 is 0. The molecule has 4 heteroatoms. The van der Waals surface area contributed by atoms with Crippen LogP contribution in [0.4, 0.5) is 17.1 Å². The summed E-state index contributed by atoms with van der Waals surface area (Å²) in [5, 5.41) is 6.92. The fourth-order valence-corrected chi connectivity index (χ4v) is 8.91. The Morgan fingerprint density at radius 2 is 0.897 bits per heavy atom. The van der Waals surface area contributed by atoms with Crippen LogP contribution in [0.2, 0.25) is 0 Å². The summed E-state index contributed by atoms with van der Waals surface area (Å²) in [4.78, 5) is 2.30. The standard InChI is InChI=1S/C54H34N2O2/c1-2-11-35(12-3-1)36-21-27-39(28-22-36)55(48-18-10-16-45-43-14-5-8-19-49(43)58-54(45)48)40-29-23-37(24-30-40)38-25-31-41(32-26-38)56-47-17-7-4-13-42(47)44-33-34-51-52(53(44)56)46-15-6-9-20-50(46)57-51/h1-34H. The Balaban J connectivity index is 0.955. The summed E-state index contributed by atoms with van der Waals surface area (Å²) in [5.41, 5.74) is 14.7. The lowest BCUT2D eigenvalue weighted by Gasteiger charge is -2.26. The van der Waals surface area contributed by atoms with Gasteiger partial charge in [0.05, 0.1) is 22.1 Å². The SMILES string of the molecule is c1ccc(-c2ccc(N(c3ccc(-c4ccc(-n5c6ccccc6c6ccc7oc8ccccc8c7c65)cc4)cc3)c3cccc4c3oc3ccccc34)cc2)cc1. The Labute approximate surface area is 334 Å². The molecule has 0 spiro atoms. The van der Waals surface area contributed by atoms with E-state index in [0.717, 1.165) is 83.3 Å². The van der Waals surface area contributed by atoms with Gasteiger partial charge in [0.2, 0.25) is 0 Å². The lowest BCUT2D eigenvalue weighted by Crippen LogP contribution is -2.10. The van der Waals surface area contributed by atoms with Crippen LogP contribution >= 0.6 is 0 Å². The molecule has 0 radical (unpaired) electrons. The predicted octanol–water partition coefficient (Wildman–Crippen LogP) is 15.4. The third-order valence-corrected chi connectivity index (χ3v) is 11.6. The first-order valence-corrected chi connectivity index (χ1v) is 19.7. The average molecular weight is 743 g/mol. The molecule has 0 amide bonds. The zero-order chi connectivity index (χ0) is 38.2. The molecule has 0 bridgehead atoms. The van der Waals surface area contributed by atoms with Gasteiger partial charge in [-0.1, -0.05) is 133 Å². The van der Waals surface area contributed by atoms with Crippen molar-refractivity contribution in [3.8, 4) is 27.9 Å². The quantitative estimate of drug-likeness (QED) is 0.170. The molecule has 0 aliphatic carbocycles. The lowest BCUT2D eigenvalue weighted by molar-refractivity contribution is 0.668. The van der Waals surface area contributed by atoms with Gasteiger partial charge in [0.15, 0.2) is 5.58 Å². The van der Waals surface area contributed by atoms with E-state index in [1.807, 2.05) is 24.3 Å². The van der Waals surface area contributed by atoms with Crippen molar-refractivity contribution in [3.63, 3.8) is 0 Å². The van der Waals surface area contributed by atoms with Gasteiger partial charge in [-0.3, -0.25) is 0 Å². The minimum absolute atomic E-state index is 0.862. The van der Waals surface area contributed by atoms with E-state index in [4.69, 9.17) is 8.83 Å². The van der Waals surface area contributed by atoms with E-state index in [9.17, 15) is 0 Å². The van der Waals surface area contributed by atoms with E-state index in [1.165, 1.54) is 27.4 Å². The molecular weight excluding hydrogens is 709 g/mol. The van der Waals surface area contributed by atoms with Crippen LogP contribution in [0.25, 0.3) is 93.6 Å². The molecule has 12 aromatic rings. The number of anilines is 3. The maximum absolute atomic E-state index is 6.58. The highest BCUT2D eigenvalue weighted by molar-refractivity contribution is 6.24. The molecule has 3 heterocycles. The smallest absolute Gasteiger partial charge is 0.159 e. The van der Waals surface area contributed by atoms with Gasteiger partial charge in [0.1, 0.15) is 16.7 Å². The topological polar surface area (TPSA) is 34.5 Å². The number of benzene rings is 9. The van der Waals surface area contributed by atoms with Crippen molar-refractivity contribution in [1.82, 2.24) is 4.57 Å². The van der Waals surface area contributed by atoms with Crippen molar-refractivity contribution in [2.75, 3.05) is 4.90 Å². The van der Waals surface area contributed by atoms with Crippen molar-refractivity contribution in [2.24, 2.45) is 0 Å². The van der Waals surface area contributed by atoms with Gasteiger partial charge in [-0.25, -0.2) is 0 Å². The van der Waals surface area contributed by atoms with Crippen molar-refractivity contribution >= 4 is 82.7 Å². The minimum atomic E-state index is 0.862. The van der Waals surface area contributed by atoms with Crippen molar-refractivity contribution in [3.05, 3.63) is 206 Å². The largest absolute Gasteiger partial charge is 0.456 e. The first-order valence-electron chi connectivity index (χ1n) is 19.7. The van der Waals surface area contributed by atoms with Crippen LogP contribution in [0.15, 0.2) is 215 Å². The van der Waals surface area contributed by atoms with Crippen LogP contribution < -0.4 is 4.90 Å². The molecule has 0 unspecified atom stereocenters. The van der Waals surface area contributed by atoms with E-state index < -0.39 is 0 Å². The Morgan fingerprint density at radius 3 is 1.60 bits per heavy atom. The van der Waals surface area contributed by atoms with Gasteiger partial charge in [0.25, 0.3) is 0 Å². The molecule has 0 N–H and O–H groups in total. The van der Waals surface area contributed by atoms with Gasteiger partial charge in [-0.05, 0) is 95.1 Å². The summed E-state index contributed by atoms with van der Waals surface area (Å²) < 4.78 is 15.3. The van der Waals surface area contributed by atoms with Crippen LogP contribution in [-0.2, 0) is 0 Å². The Hall–Kier alpha value is -7.82. The summed E-state index contributed by atoms with van der Waals surface area (Å²) in [7, 11) is 0. The zero-order valence-corrected chi connectivity index (χ0v) is 31.3. The van der Waals surface area contributed by atoms with Crippen molar-refractivity contribution in [2.45, 2.75) is 0 Å². The summed E-state index contributed by atoms with van der Waals surface area (Å²) in [6.45, 7) is 0. The van der Waals surface area contributed by atoms with E-state index in [2.05, 4.69) is 191 Å². The third kappa shape index (κ3) is 5.02. The molecule has 272 valence electrons. The minimum Gasteiger partial charge on any atom is -0.456 e. The van der Waals surface area contributed by atoms with Crippen LogP contribution in [0.1, 0.15) is 0 Å². The second kappa shape index (κ2) is 12.9. The van der Waals surface area contributed by atoms with Crippen LogP contribution in [0.5, 0.6) is 0 Å². The maximum atomic E-state index is 6.58. The summed E-state index contributed by atoms with van der Waals surface area (Å²) in [5.74, 6) is 0.